The molecule has 0 aliphatic carbocycles. The first-order chi connectivity index (χ1) is 13.6. The minimum atomic E-state index is -0.720. The largest absolute Gasteiger partial charge is 0.454 e. The van der Waals surface area contributed by atoms with Gasteiger partial charge in [0.1, 0.15) is 6.54 Å². The van der Waals surface area contributed by atoms with E-state index in [1.165, 1.54) is 17.8 Å². The first-order valence-electron chi connectivity index (χ1n) is 8.33. The quantitative estimate of drug-likeness (QED) is 0.540. The molecule has 1 aliphatic heterocycles. The standard InChI is InChI=1S/C19H18N2O6S/c1-28-16-5-3-2-4-13(16)21-17(22)10-25-18(23)9-20-19(24)12-6-7-14-15(8-12)27-11-26-14/h2-8H,9-11H2,1H3,(H,20,24)(H,21,22). The second kappa shape index (κ2) is 9.14. The van der Waals surface area contributed by atoms with Gasteiger partial charge in [-0.3, -0.25) is 14.4 Å². The molecule has 2 amide bonds. The fraction of sp³-hybridized carbons (Fsp3) is 0.211. The molecule has 0 saturated carbocycles. The number of ether oxygens (including phenoxy) is 3. The molecule has 8 nitrogen and oxygen atoms in total. The van der Waals surface area contributed by atoms with Crippen LogP contribution in [0.3, 0.4) is 0 Å². The lowest BCUT2D eigenvalue weighted by Crippen LogP contribution is -2.32. The molecule has 0 spiro atoms. The van der Waals surface area contributed by atoms with Gasteiger partial charge in [-0.25, -0.2) is 0 Å². The van der Waals surface area contributed by atoms with Crippen LogP contribution in [0.2, 0.25) is 0 Å². The van der Waals surface area contributed by atoms with Crippen LogP contribution in [0.5, 0.6) is 11.5 Å². The number of hydrogen-bond acceptors (Lipinski definition) is 7. The molecule has 28 heavy (non-hydrogen) atoms. The normalized spacial score (nSPS) is 11.6. The number of thioether (sulfide) groups is 1. The predicted molar refractivity (Wildman–Crippen MR) is 103 cm³/mol. The fourth-order valence-corrected chi connectivity index (χ4v) is 2.98. The molecule has 146 valence electrons. The zero-order valence-corrected chi connectivity index (χ0v) is 15.8. The van der Waals surface area contributed by atoms with E-state index in [9.17, 15) is 14.4 Å². The Bertz CT molecular complexity index is 902. The molecule has 0 aromatic heterocycles. The highest BCUT2D eigenvalue weighted by Gasteiger charge is 2.17. The lowest BCUT2D eigenvalue weighted by Gasteiger charge is -2.10. The highest BCUT2D eigenvalue weighted by atomic mass is 32.2. The number of rotatable bonds is 7. The van der Waals surface area contributed by atoms with Crippen LogP contribution in [0, 0.1) is 0 Å². The van der Waals surface area contributed by atoms with Crippen LogP contribution in [-0.4, -0.2) is 44.0 Å². The molecule has 0 atom stereocenters. The minimum absolute atomic E-state index is 0.107. The van der Waals surface area contributed by atoms with E-state index in [2.05, 4.69) is 10.6 Å². The van der Waals surface area contributed by atoms with Crippen molar-refractivity contribution in [1.82, 2.24) is 5.32 Å². The second-order valence-corrected chi connectivity index (χ2v) is 6.51. The molecule has 0 radical (unpaired) electrons. The summed E-state index contributed by atoms with van der Waals surface area (Å²) in [6.45, 7) is -0.695. The van der Waals surface area contributed by atoms with E-state index in [4.69, 9.17) is 14.2 Å². The van der Waals surface area contributed by atoms with Crippen LogP contribution < -0.4 is 20.1 Å². The summed E-state index contributed by atoms with van der Waals surface area (Å²) in [5.41, 5.74) is 0.968. The molecule has 2 aromatic carbocycles. The lowest BCUT2D eigenvalue weighted by molar-refractivity contribution is -0.146. The zero-order chi connectivity index (χ0) is 19.9. The van der Waals surface area contributed by atoms with Gasteiger partial charge in [-0.15, -0.1) is 11.8 Å². The van der Waals surface area contributed by atoms with Gasteiger partial charge >= 0.3 is 5.97 Å². The Kier molecular flexibility index (Phi) is 6.38. The number of esters is 1. The molecule has 9 heteroatoms. The van der Waals surface area contributed by atoms with Crippen LogP contribution >= 0.6 is 11.8 Å². The van der Waals surface area contributed by atoms with E-state index in [0.29, 0.717) is 22.7 Å². The molecule has 1 aliphatic rings. The number of nitrogens with one attached hydrogen (secondary N) is 2. The third-order valence-corrected chi connectivity index (χ3v) is 4.57. The Morgan fingerprint density at radius 3 is 2.71 bits per heavy atom. The first-order valence-corrected chi connectivity index (χ1v) is 9.55. The summed E-state index contributed by atoms with van der Waals surface area (Å²) in [4.78, 5) is 36.7. The molecule has 0 fully saturated rings. The summed E-state index contributed by atoms with van der Waals surface area (Å²) in [6, 6.07) is 12.0. The fourth-order valence-electron chi connectivity index (χ4n) is 2.42. The molecule has 0 bridgehead atoms. The van der Waals surface area contributed by atoms with Crippen LogP contribution in [0.25, 0.3) is 0 Å². The van der Waals surface area contributed by atoms with E-state index in [1.54, 1.807) is 24.3 Å². The molecule has 0 unspecified atom stereocenters. The number of fused-ring (bicyclic) bond motifs is 1. The molecular weight excluding hydrogens is 384 g/mol. The molecule has 2 aromatic rings. The average Bonchev–Trinajstić information content (AvgIpc) is 3.18. The van der Waals surface area contributed by atoms with Crippen molar-refractivity contribution in [3.63, 3.8) is 0 Å². The van der Waals surface area contributed by atoms with Gasteiger partial charge in [0.15, 0.2) is 18.1 Å². The van der Waals surface area contributed by atoms with E-state index < -0.39 is 24.4 Å². The topological polar surface area (TPSA) is 103 Å². The molecule has 2 N–H and O–H groups in total. The Morgan fingerprint density at radius 2 is 1.89 bits per heavy atom. The Hall–Kier alpha value is -3.20. The van der Waals surface area contributed by atoms with E-state index >= 15 is 0 Å². The number of hydrogen-bond donors (Lipinski definition) is 2. The van der Waals surface area contributed by atoms with Crippen LogP contribution in [0.1, 0.15) is 10.4 Å². The third kappa shape index (κ3) is 4.95. The summed E-state index contributed by atoms with van der Waals surface area (Å²) >= 11 is 1.49. The SMILES string of the molecule is CSc1ccccc1NC(=O)COC(=O)CNC(=O)c1ccc2c(c1)OCO2. The van der Waals surface area contributed by atoms with Gasteiger partial charge < -0.3 is 24.8 Å². The molecule has 0 saturated heterocycles. The van der Waals surface area contributed by atoms with Crippen molar-refractivity contribution in [2.24, 2.45) is 0 Å². The van der Waals surface area contributed by atoms with Crippen molar-refractivity contribution in [2.45, 2.75) is 4.90 Å². The zero-order valence-electron chi connectivity index (χ0n) is 15.0. The number of anilines is 1. The number of carbonyl (C=O) groups excluding carboxylic acids is 3. The van der Waals surface area contributed by atoms with E-state index in [1.807, 2.05) is 18.4 Å². The van der Waals surface area contributed by atoms with Crippen molar-refractivity contribution in [3.05, 3.63) is 48.0 Å². The Labute approximate surface area is 165 Å². The van der Waals surface area contributed by atoms with Gasteiger partial charge in [0, 0.05) is 10.5 Å². The molecular formula is C19H18N2O6S. The second-order valence-electron chi connectivity index (χ2n) is 5.66. The predicted octanol–water partition coefficient (Wildman–Crippen LogP) is 2.05. The number of para-hydroxylation sites is 1. The van der Waals surface area contributed by atoms with Crippen molar-refractivity contribution in [2.75, 3.05) is 31.5 Å². The van der Waals surface area contributed by atoms with Gasteiger partial charge in [-0.1, -0.05) is 12.1 Å². The smallest absolute Gasteiger partial charge is 0.325 e. The highest BCUT2D eigenvalue weighted by Crippen LogP contribution is 2.32. The average molecular weight is 402 g/mol. The van der Waals surface area contributed by atoms with Crippen molar-refractivity contribution in [3.8, 4) is 11.5 Å². The maximum atomic E-state index is 12.1. The van der Waals surface area contributed by atoms with Gasteiger partial charge in [0.25, 0.3) is 11.8 Å². The van der Waals surface area contributed by atoms with E-state index in [0.717, 1.165) is 4.90 Å². The van der Waals surface area contributed by atoms with Crippen molar-refractivity contribution in [1.29, 1.82) is 0 Å². The van der Waals surface area contributed by atoms with Gasteiger partial charge in [0.05, 0.1) is 5.69 Å². The number of benzene rings is 2. The van der Waals surface area contributed by atoms with E-state index in [-0.39, 0.29) is 13.3 Å². The van der Waals surface area contributed by atoms with Gasteiger partial charge in [0.2, 0.25) is 6.79 Å². The highest BCUT2D eigenvalue weighted by molar-refractivity contribution is 7.98. The Balaban J connectivity index is 1.43. The maximum Gasteiger partial charge on any atom is 0.325 e. The van der Waals surface area contributed by atoms with Crippen LogP contribution in [-0.2, 0) is 14.3 Å². The summed E-state index contributed by atoms with van der Waals surface area (Å²) in [5.74, 6) is -0.615. The monoisotopic (exact) mass is 402 g/mol. The molecule has 1 heterocycles. The first kappa shape index (κ1) is 19.6. The molecule has 3 rings (SSSR count). The Morgan fingerprint density at radius 1 is 1.11 bits per heavy atom. The minimum Gasteiger partial charge on any atom is -0.454 e. The van der Waals surface area contributed by atoms with Crippen LogP contribution in [0.4, 0.5) is 5.69 Å². The summed E-state index contributed by atoms with van der Waals surface area (Å²) in [7, 11) is 0. The number of amides is 2. The van der Waals surface area contributed by atoms with Gasteiger partial charge in [-0.05, 0) is 36.6 Å². The maximum absolute atomic E-state index is 12.1. The number of carbonyl (C=O) groups is 3. The summed E-state index contributed by atoms with van der Waals surface area (Å²) in [5, 5.41) is 5.12. The third-order valence-electron chi connectivity index (χ3n) is 3.77. The van der Waals surface area contributed by atoms with Crippen molar-refractivity contribution >= 4 is 35.2 Å². The van der Waals surface area contributed by atoms with Gasteiger partial charge in [-0.2, -0.15) is 0 Å². The van der Waals surface area contributed by atoms with Crippen molar-refractivity contribution < 1.29 is 28.6 Å². The summed E-state index contributed by atoms with van der Waals surface area (Å²) in [6.07, 6.45) is 1.90. The lowest BCUT2D eigenvalue weighted by atomic mass is 10.2. The van der Waals surface area contributed by atoms with Crippen LogP contribution in [0.15, 0.2) is 47.4 Å². The summed E-state index contributed by atoms with van der Waals surface area (Å²) < 4.78 is 15.3.